The molecule has 1 heterocycles. The van der Waals surface area contributed by atoms with Crippen molar-refractivity contribution >= 4 is 5.97 Å². The van der Waals surface area contributed by atoms with Gasteiger partial charge in [-0.3, -0.25) is 4.79 Å². The van der Waals surface area contributed by atoms with Crippen molar-refractivity contribution in [1.82, 2.24) is 4.57 Å². The standard InChI is InChI=1S/C15H12N2O3/c1-10-6-11(7-16)2-3-12(10)8-17-5-4-14(18)13(9-17)15(19)20/h2-6,9H,8H2,1H3,(H,19,20). The highest BCUT2D eigenvalue weighted by atomic mass is 16.4. The van der Waals surface area contributed by atoms with Gasteiger partial charge in [-0.05, 0) is 30.2 Å². The van der Waals surface area contributed by atoms with Gasteiger partial charge < -0.3 is 9.67 Å². The Balaban J connectivity index is 2.36. The lowest BCUT2D eigenvalue weighted by Gasteiger charge is -2.10. The molecule has 0 aliphatic carbocycles. The third-order valence-corrected chi connectivity index (χ3v) is 3.03. The molecule has 1 N–H and O–H groups in total. The number of rotatable bonds is 3. The lowest BCUT2D eigenvalue weighted by molar-refractivity contribution is 0.0694. The molecule has 20 heavy (non-hydrogen) atoms. The van der Waals surface area contributed by atoms with E-state index in [0.29, 0.717) is 12.1 Å². The number of pyridine rings is 1. The van der Waals surface area contributed by atoms with Gasteiger partial charge in [0, 0.05) is 25.0 Å². The molecule has 0 aliphatic heterocycles. The highest BCUT2D eigenvalue weighted by Crippen LogP contribution is 2.12. The lowest BCUT2D eigenvalue weighted by Crippen LogP contribution is -2.17. The number of carbonyl (C=O) groups is 1. The second-order valence-electron chi connectivity index (χ2n) is 4.45. The summed E-state index contributed by atoms with van der Waals surface area (Å²) in [5.41, 5.74) is 1.73. The number of aromatic carboxylic acids is 1. The van der Waals surface area contributed by atoms with Crippen molar-refractivity contribution in [1.29, 1.82) is 5.26 Å². The summed E-state index contributed by atoms with van der Waals surface area (Å²) >= 11 is 0. The van der Waals surface area contributed by atoms with Crippen LogP contribution in [0.5, 0.6) is 0 Å². The third-order valence-electron chi connectivity index (χ3n) is 3.03. The summed E-state index contributed by atoms with van der Waals surface area (Å²) in [7, 11) is 0. The largest absolute Gasteiger partial charge is 0.477 e. The van der Waals surface area contributed by atoms with E-state index in [1.54, 1.807) is 22.9 Å². The van der Waals surface area contributed by atoms with Crippen molar-refractivity contribution in [2.45, 2.75) is 13.5 Å². The summed E-state index contributed by atoms with van der Waals surface area (Å²) in [6.45, 7) is 2.33. The van der Waals surface area contributed by atoms with Crippen molar-refractivity contribution in [2.24, 2.45) is 0 Å². The minimum atomic E-state index is -1.24. The Morgan fingerprint density at radius 1 is 1.40 bits per heavy atom. The predicted octanol–water partition coefficient (Wildman–Crippen LogP) is 1.77. The van der Waals surface area contributed by atoms with Gasteiger partial charge in [-0.1, -0.05) is 6.07 Å². The highest BCUT2D eigenvalue weighted by Gasteiger charge is 2.09. The van der Waals surface area contributed by atoms with Crippen LogP contribution in [0.4, 0.5) is 0 Å². The Hall–Kier alpha value is -2.87. The first kappa shape index (κ1) is 13.6. The first-order chi connectivity index (χ1) is 9.51. The Bertz CT molecular complexity index is 769. The molecule has 0 radical (unpaired) electrons. The number of nitriles is 1. The maximum atomic E-state index is 11.4. The lowest BCUT2D eigenvalue weighted by atomic mass is 10.1. The molecule has 0 spiro atoms. The van der Waals surface area contributed by atoms with Gasteiger partial charge in [0.05, 0.1) is 11.6 Å². The van der Waals surface area contributed by atoms with Gasteiger partial charge in [0.25, 0.3) is 0 Å². The second kappa shape index (κ2) is 5.41. The molecule has 2 rings (SSSR count). The van der Waals surface area contributed by atoms with E-state index in [0.717, 1.165) is 11.1 Å². The molecule has 0 atom stereocenters. The molecule has 0 aliphatic rings. The number of carboxylic acid groups (broad SMARTS) is 1. The Labute approximate surface area is 115 Å². The van der Waals surface area contributed by atoms with E-state index in [1.807, 2.05) is 13.0 Å². The summed E-state index contributed by atoms with van der Waals surface area (Å²) in [5, 5.41) is 17.7. The Morgan fingerprint density at radius 3 is 2.75 bits per heavy atom. The monoisotopic (exact) mass is 268 g/mol. The Kier molecular flexibility index (Phi) is 3.67. The fourth-order valence-electron chi connectivity index (χ4n) is 1.92. The fourth-order valence-corrected chi connectivity index (χ4v) is 1.92. The normalized spacial score (nSPS) is 10.0. The first-order valence-corrected chi connectivity index (χ1v) is 5.94. The smallest absolute Gasteiger partial charge is 0.341 e. The quantitative estimate of drug-likeness (QED) is 0.919. The van der Waals surface area contributed by atoms with E-state index in [2.05, 4.69) is 6.07 Å². The number of nitrogens with zero attached hydrogens (tertiary/aromatic N) is 2. The molecule has 1 aromatic carbocycles. The summed E-state index contributed by atoms with van der Waals surface area (Å²) < 4.78 is 1.64. The SMILES string of the molecule is Cc1cc(C#N)ccc1Cn1ccc(=O)c(C(=O)O)c1. The van der Waals surface area contributed by atoms with Gasteiger partial charge in [-0.25, -0.2) is 4.79 Å². The first-order valence-electron chi connectivity index (χ1n) is 5.94. The van der Waals surface area contributed by atoms with Crippen LogP contribution < -0.4 is 5.43 Å². The predicted molar refractivity (Wildman–Crippen MR) is 72.7 cm³/mol. The number of hydrogen-bond donors (Lipinski definition) is 1. The van der Waals surface area contributed by atoms with Gasteiger partial charge in [0.2, 0.25) is 0 Å². The Morgan fingerprint density at radius 2 is 2.15 bits per heavy atom. The van der Waals surface area contributed by atoms with Crippen LogP contribution in [0.2, 0.25) is 0 Å². The van der Waals surface area contributed by atoms with Crippen LogP contribution >= 0.6 is 0 Å². The van der Waals surface area contributed by atoms with Crippen molar-refractivity contribution in [3.63, 3.8) is 0 Å². The van der Waals surface area contributed by atoms with Crippen LogP contribution in [0, 0.1) is 18.3 Å². The molecule has 0 saturated heterocycles. The van der Waals surface area contributed by atoms with E-state index < -0.39 is 11.4 Å². The van der Waals surface area contributed by atoms with E-state index in [9.17, 15) is 9.59 Å². The molecular weight excluding hydrogens is 256 g/mol. The molecule has 0 fully saturated rings. The van der Waals surface area contributed by atoms with Crippen LogP contribution in [-0.4, -0.2) is 15.6 Å². The van der Waals surface area contributed by atoms with Crippen molar-refractivity contribution < 1.29 is 9.90 Å². The van der Waals surface area contributed by atoms with Crippen molar-refractivity contribution in [2.75, 3.05) is 0 Å². The van der Waals surface area contributed by atoms with Crippen molar-refractivity contribution in [3.05, 3.63) is 69.1 Å². The molecule has 0 amide bonds. The van der Waals surface area contributed by atoms with Gasteiger partial charge in [0.1, 0.15) is 5.56 Å². The highest BCUT2D eigenvalue weighted by molar-refractivity contribution is 5.86. The van der Waals surface area contributed by atoms with Gasteiger partial charge in [-0.2, -0.15) is 5.26 Å². The van der Waals surface area contributed by atoms with Crippen LogP contribution in [0.3, 0.4) is 0 Å². The van der Waals surface area contributed by atoms with Crippen LogP contribution in [0.1, 0.15) is 27.0 Å². The zero-order chi connectivity index (χ0) is 14.7. The number of aryl methyl sites for hydroxylation is 1. The average Bonchev–Trinajstić information content (AvgIpc) is 2.42. The third kappa shape index (κ3) is 2.75. The molecule has 0 saturated carbocycles. The maximum Gasteiger partial charge on any atom is 0.341 e. The van der Waals surface area contributed by atoms with E-state index in [1.165, 1.54) is 12.3 Å². The molecule has 1 aromatic heterocycles. The number of benzene rings is 1. The molecule has 0 bridgehead atoms. The zero-order valence-electron chi connectivity index (χ0n) is 10.8. The summed E-state index contributed by atoms with van der Waals surface area (Å²) in [5.74, 6) is -1.24. The topological polar surface area (TPSA) is 83.1 Å². The molecule has 5 nitrogen and oxygen atoms in total. The second-order valence-corrected chi connectivity index (χ2v) is 4.45. The minimum Gasteiger partial charge on any atom is -0.477 e. The molecular formula is C15H12N2O3. The summed E-state index contributed by atoms with van der Waals surface area (Å²) in [4.78, 5) is 22.3. The zero-order valence-corrected chi connectivity index (χ0v) is 10.8. The molecule has 0 unspecified atom stereocenters. The van der Waals surface area contributed by atoms with Crippen molar-refractivity contribution in [3.8, 4) is 6.07 Å². The molecule has 100 valence electrons. The number of aromatic nitrogens is 1. The average molecular weight is 268 g/mol. The van der Waals surface area contributed by atoms with Crippen LogP contribution in [0.15, 0.2) is 41.5 Å². The van der Waals surface area contributed by atoms with E-state index >= 15 is 0 Å². The summed E-state index contributed by atoms with van der Waals surface area (Å²) in [6, 6.07) is 8.61. The molecule has 5 heteroatoms. The maximum absolute atomic E-state index is 11.4. The number of carboxylic acids is 1. The minimum absolute atomic E-state index is 0.251. The van der Waals surface area contributed by atoms with E-state index in [-0.39, 0.29) is 5.56 Å². The number of hydrogen-bond acceptors (Lipinski definition) is 3. The molecule has 2 aromatic rings. The van der Waals surface area contributed by atoms with Gasteiger partial charge >= 0.3 is 5.97 Å². The van der Waals surface area contributed by atoms with Crippen LogP contribution in [0.25, 0.3) is 0 Å². The van der Waals surface area contributed by atoms with Crippen LogP contribution in [-0.2, 0) is 6.54 Å². The fraction of sp³-hybridized carbons (Fsp3) is 0.133. The van der Waals surface area contributed by atoms with Gasteiger partial charge in [-0.15, -0.1) is 0 Å². The van der Waals surface area contributed by atoms with E-state index in [4.69, 9.17) is 10.4 Å². The summed E-state index contributed by atoms with van der Waals surface area (Å²) in [6.07, 6.45) is 2.87. The van der Waals surface area contributed by atoms with Gasteiger partial charge in [0.15, 0.2) is 5.43 Å².